The fraction of sp³-hybridized carbons (Fsp3) is 0.200. The van der Waals surface area contributed by atoms with Crippen molar-refractivity contribution in [2.45, 2.75) is 13.5 Å². The fourth-order valence-electron chi connectivity index (χ4n) is 1.93. The molecule has 0 amide bonds. The number of rotatable bonds is 6. The average Bonchev–Trinajstić information content (AvgIpc) is 2.46. The van der Waals surface area contributed by atoms with Crippen molar-refractivity contribution in [3.05, 3.63) is 64.0 Å². The fourth-order valence-corrected chi connectivity index (χ4v) is 1.93. The number of hydrogen-bond donors (Lipinski definition) is 1. The van der Waals surface area contributed by atoms with Crippen molar-refractivity contribution < 1.29 is 14.1 Å². The first kappa shape index (κ1) is 14.8. The van der Waals surface area contributed by atoms with Gasteiger partial charge in [0.2, 0.25) is 0 Å². The molecule has 5 nitrogen and oxygen atoms in total. The Morgan fingerprint density at radius 2 is 2.00 bits per heavy atom. The number of nitro benzene ring substituents is 1. The van der Waals surface area contributed by atoms with Crippen molar-refractivity contribution in [2.24, 2.45) is 0 Å². The van der Waals surface area contributed by atoms with Gasteiger partial charge in [0.25, 0.3) is 0 Å². The van der Waals surface area contributed by atoms with Crippen LogP contribution in [0.1, 0.15) is 12.5 Å². The zero-order valence-electron chi connectivity index (χ0n) is 11.5. The molecule has 0 aliphatic carbocycles. The molecule has 0 aliphatic rings. The summed E-state index contributed by atoms with van der Waals surface area (Å²) in [4.78, 5) is 10.7. The minimum atomic E-state index is -0.505. The Morgan fingerprint density at radius 3 is 2.67 bits per heavy atom. The number of nitrogens with zero attached hydrogens (tertiary/aromatic N) is 1. The third-order valence-electron chi connectivity index (χ3n) is 2.89. The van der Waals surface area contributed by atoms with Crippen molar-refractivity contribution in [3.8, 4) is 5.75 Å². The highest BCUT2D eigenvalue weighted by Crippen LogP contribution is 2.35. The summed E-state index contributed by atoms with van der Waals surface area (Å²) >= 11 is 0. The Bertz CT molecular complexity index is 647. The number of halogens is 1. The van der Waals surface area contributed by atoms with E-state index in [1.54, 1.807) is 30.3 Å². The van der Waals surface area contributed by atoms with Crippen LogP contribution in [0, 0.1) is 15.9 Å². The zero-order chi connectivity index (χ0) is 15.2. The quantitative estimate of drug-likeness (QED) is 0.650. The van der Waals surface area contributed by atoms with Crippen molar-refractivity contribution >= 4 is 11.4 Å². The van der Waals surface area contributed by atoms with Crippen molar-refractivity contribution in [2.75, 3.05) is 11.9 Å². The van der Waals surface area contributed by atoms with E-state index in [2.05, 4.69) is 5.32 Å². The first-order chi connectivity index (χ1) is 10.1. The summed E-state index contributed by atoms with van der Waals surface area (Å²) in [5.41, 5.74) is 0.588. The molecule has 2 aromatic carbocycles. The standard InChI is InChI=1S/C15H15FN2O3/c1-2-17-13-8-5-9-14(15(13)18(19)20)21-10-11-6-3-4-7-12(11)16/h3-9,17H,2,10H2,1H3. The van der Waals surface area contributed by atoms with Gasteiger partial charge in [0, 0.05) is 12.1 Å². The summed E-state index contributed by atoms with van der Waals surface area (Å²) < 4.78 is 19.0. The largest absolute Gasteiger partial charge is 0.482 e. The summed E-state index contributed by atoms with van der Waals surface area (Å²) in [5.74, 6) is -0.287. The van der Waals surface area contributed by atoms with Gasteiger partial charge in [-0.1, -0.05) is 24.3 Å². The monoisotopic (exact) mass is 290 g/mol. The smallest absolute Gasteiger partial charge is 0.333 e. The summed E-state index contributed by atoms with van der Waals surface area (Å²) in [7, 11) is 0. The van der Waals surface area contributed by atoms with Gasteiger partial charge in [-0.2, -0.15) is 0 Å². The highest BCUT2D eigenvalue weighted by Gasteiger charge is 2.20. The summed E-state index contributed by atoms with van der Waals surface area (Å²) in [6, 6.07) is 10.9. The van der Waals surface area contributed by atoms with Gasteiger partial charge < -0.3 is 10.1 Å². The Hall–Kier alpha value is -2.63. The van der Waals surface area contributed by atoms with Gasteiger partial charge >= 0.3 is 5.69 Å². The summed E-state index contributed by atoms with van der Waals surface area (Å²) in [5, 5.41) is 14.1. The lowest BCUT2D eigenvalue weighted by Crippen LogP contribution is -2.05. The van der Waals surface area contributed by atoms with Gasteiger partial charge in [-0.15, -0.1) is 0 Å². The van der Waals surface area contributed by atoms with Crippen LogP contribution in [-0.2, 0) is 6.61 Å². The van der Waals surface area contributed by atoms with Crippen LogP contribution in [0.4, 0.5) is 15.8 Å². The molecule has 110 valence electrons. The molecular weight excluding hydrogens is 275 g/mol. The Kier molecular flexibility index (Phi) is 4.71. The Morgan fingerprint density at radius 1 is 1.24 bits per heavy atom. The third-order valence-corrected chi connectivity index (χ3v) is 2.89. The van der Waals surface area contributed by atoms with Crippen LogP contribution in [0.15, 0.2) is 42.5 Å². The molecule has 0 aromatic heterocycles. The SMILES string of the molecule is CCNc1cccc(OCc2ccccc2F)c1[N+](=O)[O-]. The van der Waals surface area contributed by atoms with E-state index in [9.17, 15) is 14.5 Å². The topological polar surface area (TPSA) is 64.4 Å². The van der Waals surface area contributed by atoms with E-state index < -0.39 is 10.7 Å². The number of ether oxygens (including phenoxy) is 1. The van der Waals surface area contributed by atoms with E-state index >= 15 is 0 Å². The second kappa shape index (κ2) is 6.69. The van der Waals surface area contributed by atoms with E-state index in [0.717, 1.165) is 0 Å². The number of para-hydroxylation sites is 1. The van der Waals surface area contributed by atoms with E-state index in [4.69, 9.17) is 4.74 Å². The molecular formula is C15H15FN2O3. The molecule has 2 rings (SSSR count). The zero-order valence-corrected chi connectivity index (χ0v) is 11.5. The predicted molar refractivity (Wildman–Crippen MR) is 78.0 cm³/mol. The van der Waals surface area contributed by atoms with Gasteiger partial charge in [-0.3, -0.25) is 10.1 Å². The normalized spacial score (nSPS) is 10.2. The number of benzene rings is 2. The molecule has 0 heterocycles. The van der Waals surface area contributed by atoms with Crippen LogP contribution in [0.5, 0.6) is 5.75 Å². The molecule has 0 unspecified atom stereocenters. The van der Waals surface area contributed by atoms with Gasteiger partial charge in [0.1, 0.15) is 18.1 Å². The molecule has 21 heavy (non-hydrogen) atoms. The lowest BCUT2D eigenvalue weighted by atomic mass is 10.2. The molecule has 0 atom stereocenters. The maximum absolute atomic E-state index is 13.5. The van der Waals surface area contributed by atoms with Crippen LogP contribution < -0.4 is 10.1 Å². The highest BCUT2D eigenvalue weighted by atomic mass is 19.1. The van der Waals surface area contributed by atoms with E-state index in [1.807, 2.05) is 6.92 Å². The van der Waals surface area contributed by atoms with Crippen LogP contribution in [0.2, 0.25) is 0 Å². The number of nitrogens with one attached hydrogen (secondary N) is 1. The Balaban J connectivity index is 2.25. The number of nitro groups is 1. The van der Waals surface area contributed by atoms with E-state index in [-0.39, 0.29) is 18.0 Å². The molecule has 0 spiro atoms. The maximum Gasteiger partial charge on any atom is 0.333 e. The molecule has 0 saturated carbocycles. The second-order valence-corrected chi connectivity index (χ2v) is 4.32. The first-order valence-corrected chi connectivity index (χ1v) is 6.51. The summed E-state index contributed by atoms with van der Waals surface area (Å²) in [6.45, 7) is 2.33. The van der Waals surface area contributed by atoms with Crippen molar-refractivity contribution in [1.82, 2.24) is 0 Å². The molecule has 0 bridgehead atoms. The van der Waals surface area contributed by atoms with Crippen molar-refractivity contribution in [1.29, 1.82) is 0 Å². The molecule has 1 N–H and O–H groups in total. The van der Waals surface area contributed by atoms with Crippen LogP contribution >= 0.6 is 0 Å². The van der Waals surface area contributed by atoms with Crippen LogP contribution in [-0.4, -0.2) is 11.5 Å². The van der Waals surface area contributed by atoms with Gasteiger partial charge in [0.05, 0.1) is 4.92 Å². The van der Waals surface area contributed by atoms with Gasteiger partial charge in [0.15, 0.2) is 5.75 Å². The van der Waals surface area contributed by atoms with E-state index in [1.165, 1.54) is 12.1 Å². The molecule has 0 fully saturated rings. The van der Waals surface area contributed by atoms with Crippen molar-refractivity contribution in [3.63, 3.8) is 0 Å². The molecule has 0 radical (unpaired) electrons. The molecule has 2 aromatic rings. The maximum atomic E-state index is 13.5. The average molecular weight is 290 g/mol. The Labute approximate surface area is 121 Å². The molecule has 0 aliphatic heterocycles. The number of anilines is 1. The van der Waals surface area contributed by atoms with Gasteiger partial charge in [-0.25, -0.2) is 4.39 Å². The predicted octanol–water partition coefficient (Wildman–Crippen LogP) is 3.74. The second-order valence-electron chi connectivity index (χ2n) is 4.32. The first-order valence-electron chi connectivity index (χ1n) is 6.51. The third kappa shape index (κ3) is 3.47. The van der Waals surface area contributed by atoms with Crippen LogP contribution in [0.3, 0.4) is 0 Å². The van der Waals surface area contributed by atoms with E-state index in [0.29, 0.717) is 17.8 Å². The minimum absolute atomic E-state index is 0.0664. The lowest BCUT2D eigenvalue weighted by molar-refractivity contribution is -0.385. The molecule has 0 saturated heterocycles. The highest BCUT2D eigenvalue weighted by molar-refractivity contribution is 5.68. The molecule has 6 heteroatoms. The van der Waals surface area contributed by atoms with Crippen LogP contribution in [0.25, 0.3) is 0 Å². The number of hydrogen-bond acceptors (Lipinski definition) is 4. The summed E-state index contributed by atoms with van der Waals surface area (Å²) in [6.07, 6.45) is 0. The van der Waals surface area contributed by atoms with Gasteiger partial charge in [-0.05, 0) is 25.1 Å². The minimum Gasteiger partial charge on any atom is -0.482 e. The lowest BCUT2D eigenvalue weighted by Gasteiger charge is -2.10.